The molecule has 2 aromatic carbocycles. The Morgan fingerprint density at radius 2 is 1.73 bits per heavy atom. The molecule has 1 heterocycles. The molecule has 0 unspecified atom stereocenters. The molecule has 0 fully saturated rings. The monoisotopic (exact) mass is 407 g/mol. The molecule has 1 aromatic heterocycles. The van der Waals surface area contributed by atoms with Gasteiger partial charge in [-0.25, -0.2) is 9.48 Å². The zero-order chi connectivity index (χ0) is 21.7. The first-order valence-corrected chi connectivity index (χ1v) is 9.70. The molecular weight excluding hydrogens is 382 g/mol. The fraction of sp³-hybridized carbons (Fsp3) is 0.261. The van der Waals surface area contributed by atoms with E-state index in [-0.39, 0.29) is 5.56 Å². The zero-order valence-electron chi connectivity index (χ0n) is 17.6. The second kappa shape index (κ2) is 9.26. The summed E-state index contributed by atoms with van der Waals surface area (Å²) in [5.74, 6) is 0.320. The minimum atomic E-state index is -0.402. The first-order chi connectivity index (χ1) is 14.5. The van der Waals surface area contributed by atoms with E-state index in [0.29, 0.717) is 22.5 Å². The molecular formula is C23H25N3O4. The van der Waals surface area contributed by atoms with Crippen LogP contribution in [0.2, 0.25) is 0 Å². The number of H-pyrrole nitrogens is 1. The van der Waals surface area contributed by atoms with Gasteiger partial charge in [-0.15, -0.1) is 0 Å². The molecule has 0 spiro atoms. The highest BCUT2D eigenvalue weighted by atomic mass is 16.5. The number of aryl methyl sites for hydroxylation is 1. The van der Waals surface area contributed by atoms with Crippen molar-refractivity contribution in [2.45, 2.75) is 26.7 Å². The van der Waals surface area contributed by atoms with Crippen LogP contribution >= 0.6 is 0 Å². The third-order valence-corrected chi connectivity index (χ3v) is 4.74. The van der Waals surface area contributed by atoms with Gasteiger partial charge in [0.05, 0.1) is 42.4 Å². The molecule has 3 aromatic rings. The van der Waals surface area contributed by atoms with Gasteiger partial charge in [-0.3, -0.25) is 14.9 Å². The lowest BCUT2D eigenvalue weighted by Gasteiger charge is -2.03. The summed E-state index contributed by atoms with van der Waals surface area (Å²) in [7, 11) is 2.94. The Morgan fingerprint density at radius 3 is 2.30 bits per heavy atom. The van der Waals surface area contributed by atoms with Crippen molar-refractivity contribution in [3.8, 4) is 11.4 Å². The molecule has 30 heavy (non-hydrogen) atoms. The van der Waals surface area contributed by atoms with E-state index in [4.69, 9.17) is 9.47 Å². The van der Waals surface area contributed by atoms with Crippen LogP contribution in [0.4, 0.5) is 5.69 Å². The van der Waals surface area contributed by atoms with Crippen molar-refractivity contribution in [3.63, 3.8) is 0 Å². The molecule has 7 heteroatoms. The predicted octanol–water partition coefficient (Wildman–Crippen LogP) is 4.05. The van der Waals surface area contributed by atoms with Crippen LogP contribution in [0, 0.1) is 0 Å². The van der Waals surface area contributed by atoms with Gasteiger partial charge in [-0.2, -0.15) is 0 Å². The number of nitrogens with zero attached hydrogens (tertiary/aromatic N) is 2. The van der Waals surface area contributed by atoms with Crippen LogP contribution in [-0.4, -0.2) is 35.7 Å². The number of aromatic nitrogens is 2. The highest BCUT2D eigenvalue weighted by Gasteiger charge is 2.17. The maximum absolute atomic E-state index is 13.2. The molecule has 0 saturated carbocycles. The van der Waals surface area contributed by atoms with Gasteiger partial charge >= 0.3 is 5.97 Å². The highest BCUT2D eigenvalue weighted by Crippen LogP contribution is 2.18. The van der Waals surface area contributed by atoms with Crippen molar-refractivity contribution in [2.24, 2.45) is 4.99 Å². The Morgan fingerprint density at radius 1 is 1.07 bits per heavy atom. The van der Waals surface area contributed by atoms with Gasteiger partial charge in [-0.1, -0.05) is 13.3 Å². The number of hydrogen-bond acceptors (Lipinski definition) is 5. The van der Waals surface area contributed by atoms with Gasteiger partial charge in [0.2, 0.25) is 0 Å². The minimum Gasteiger partial charge on any atom is -0.497 e. The molecule has 0 saturated heterocycles. The standard InChI is InChI=1S/C23H25N3O4/c1-5-6-20-21(15(2)24-17-9-7-16(8-10-17)23(28)30-4)22(27)26(25-20)18-11-13-19(29-3)14-12-18/h7-14,25H,5-6H2,1-4H3. The van der Waals surface area contributed by atoms with Crippen molar-refractivity contribution in [3.05, 3.63) is 75.7 Å². The second-order valence-electron chi connectivity index (χ2n) is 6.79. The lowest BCUT2D eigenvalue weighted by atomic mass is 10.1. The fourth-order valence-corrected chi connectivity index (χ4v) is 3.24. The summed E-state index contributed by atoms with van der Waals surface area (Å²) in [5.41, 5.74) is 3.67. The number of aromatic amines is 1. The maximum atomic E-state index is 13.2. The lowest BCUT2D eigenvalue weighted by Crippen LogP contribution is -2.19. The quantitative estimate of drug-likeness (QED) is 0.473. The Labute approximate surface area is 175 Å². The van der Waals surface area contributed by atoms with Crippen LogP contribution in [0.3, 0.4) is 0 Å². The number of carbonyl (C=O) groups excluding carboxylic acids is 1. The Hall–Kier alpha value is -3.61. The Balaban J connectivity index is 2.01. The van der Waals surface area contributed by atoms with Crippen molar-refractivity contribution >= 4 is 17.4 Å². The third-order valence-electron chi connectivity index (χ3n) is 4.74. The van der Waals surface area contributed by atoms with E-state index in [1.54, 1.807) is 31.4 Å². The summed E-state index contributed by atoms with van der Waals surface area (Å²) in [6.07, 6.45) is 1.61. The van der Waals surface area contributed by atoms with E-state index in [1.807, 2.05) is 31.2 Å². The molecule has 7 nitrogen and oxygen atoms in total. The fourth-order valence-electron chi connectivity index (χ4n) is 3.24. The Bertz CT molecular complexity index is 1110. The lowest BCUT2D eigenvalue weighted by molar-refractivity contribution is 0.0601. The van der Waals surface area contributed by atoms with Gasteiger partial charge in [0.25, 0.3) is 5.56 Å². The normalized spacial score (nSPS) is 11.4. The van der Waals surface area contributed by atoms with Crippen LogP contribution in [0.1, 0.15) is 41.9 Å². The summed E-state index contributed by atoms with van der Waals surface area (Å²) >= 11 is 0. The van der Waals surface area contributed by atoms with Crippen molar-refractivity contribution in [2.75, 3.05) is 14.2 Å². The van der Waals surface area contributed by atoms with Gasteiger partial charge in [-0.05, 0) is 61.9 Å². The molecule has 0 aliphatic carbocycles. The molecule has 0 radical (unpaired) electrons. The van der Waals surface area contributed by atoms with Crippen LogP contribution in [0.15, 0.2) is 58.3 Å². The van der Waals surface area contributed by atoms with Crippen molar-refractivity contribution in [1.29, 1.82) is 0 Å². The number of rotatable bonds is 7. The van der Waals surface area contributed by atoms with Crippen molar-refractivity contribution in [1.82, 2.24) is 9.78 Å². The zero-order valence-corrected chi connectivity index (χ0v) is 17.6. The number of esters is 1. The van der Waals surface area contributed by atoms with E-state index >= 15 is 0 Å². The van der Waals surface area contributed by atoms with E-state index in [1.165, 1.54) is 11.8 Å². The third kappa shape index (κ3) is 4.35. The average molecular weight is 407 g/mol. The van der Waals surface area contributed by atoms with Gasteiger partial charge in [0.1, 0.15) is 5.75 Å². The number of nitrogens with one attached hydrogen (secondary N) is 1. The van der Waals surface area contributed by atoms with E-state index in [9.17, 15) is 9.59 Å². The summed E-state index contributed by atoms with van der Waals surface area (Å²) in [4.78, 5) is 29.4. The van der Waals surface area contributed by atoms with E-state index < -0.39 is 5.97 Å². The molecule has 0 aliphatic rings. The largest absolute Gasteiger partial charge is 0.497 e. The highest BCUT2D eigenvalue weighted by molar-refractivity contribution is 6.01. The molecule has 0 bridgehead atoms. The number of ether oxygens (including phenoxy) is 2. The molecule has 156 valence electrons. The maximum Gasteiger partial charge on any atom is 0.337 e. The molecule has 0 atom stereocenters. The average Bonchev–Trinajstić information content (AvgIpc) is 3.10. The molecule has 0 amide bonds. The van der Waals surface area contributed by atoms with Crippen LogP contribution in [0.5, 0.6) is 5.75 Å². The predicted molar refractivity (Wildman–Crippen MR) is 117 cm³/mol. The SMILES string of the molecule is CCCc1[nH]n(-c2ccc(OC)cc2)c(=O)c1C(C)=Nc1ccc(C(=O)OC)cc1. The second-order valence-corrected chi connectivity index (χ2v) is 6.79. The van der Waals surface area contributed by atoms with Crippen LogP contribution in [-0.2, 0) is 11.2 Å². The number of benzene rings is 2. The number of methoxy groups -OCH3 is 2. The first kappa shape index (κ1) is 21.1. The van der Waals surface area contributed by atoms with E-state index in [2.05, 4.69) is 17.0 Å². The van der Waals surface area contributed by atoms with Gasteiger partial charge in [0.15, 0.2) is 0 Å². The Kier molecular flexibility index (Phi) is 6.51. The van der Waals surface area contributed by atoms with Crippen LogP contribution in [0.25, 0.3) is 5.69 Å². The first-order valence-electron chi connectivity index (χ1n) is 9.70. The summed E-state index contributed by atoms with van der Waals surface area (Å²) in [6.45, 7) is 3.88. The summed E-state index contributed by atoms with van der Waals surface area (Å²) < 4.78 is 11.4. The van der Waals surface area contributed by atoms with Gasteiger partial charge < -0.3 is 9.47 Å². The van der Waals surface area contributed by atoms with Gasteiger partial charge in [0, 0.05) is 5.69 Å². The number of hydrogen-bond donors (Lipinski definition) is 1. The van der Waals surface area contributed by atoms with Crippen molar-refractivity contribution < 1.29 is 14.3 Å². The van der Waals surface area contributed by atoms with E-state index in [0.717, 1.165) is 30.0 Å². The number of aliphatic imine (C=N–C) groups is 1. The van der Waals surface area contributed by atoms with Crippen LogP contribution < -0.4 is 10.3 Å². The summed E-state index contributed by atoms with van der Waals surface area (Å²) in [6, 6.07) is 14.0. The minimum absolute atomic E-state index is 0.156. The molecule has 1 N–H and O–H groups in total. The molecule has 0 aliphatic heterocycles. The topological polar surface area (TPSA) is 85.7 Å². The molecule has 3 rings (SSSR count). The summed E-state index contributed by atoms with van der Waals surface area (Å²) in [5, 5.41) is 3.22. The smallest absolute Gasteiger partial charge is 0.337 e. The number of carbonyl (C=O) groups is 1.